The van der Waals surface area contributed by atoms with Gasteiger partial charge in [-0.2, -0.15) is 9.41 Å². The molecular weight excluding hydrogens is 395 g/mol. The van der Waals surface area contributed by atoms with Gasteiger partial charge in [0.05, 0.1) is 37.3 Å². The van der Waals surface area contributed by atoms with Crippen LogP contribution in [0.15, 0.2) is 58.5 Å². The number of rotatable bonds is 6. The molecule has 0 aliphatic carbocycles. The number of halogens is 1. The zero-order chi connectivity index (χ0) is 20.9. The summed E-state index contributed by atoms with van der Waals surface area (Å²) in [5, 5.41) is 3.84. The Morgan fingerprint density at radius 1 is 1.21 bits per heavy atom. The predicted molar refractivity (Wildman–Crippen MR) is 108 cm³/mol. The van der Waals surface area contributed by atoms with Crippen LogP contribution in [0.4, 0.5) is 4.39 Å². The number of hydrazone groups is 1. The Balaban J connectivity index is 1.48. The summed E-state index contributed by atoms with van der Waals surface area (Å²) in [6, 6.07) is 12.7. The molecule has 0 spiro atoms. The van der Waals surface area contributed by atoms with E-state index < -0.39 is 10.0 Å². The number of nitrogens with one attached hydrogen (secondary N) is 2. The minimum Gasteiger partial charge on any atom is -0.325 e. The lowest BCUT2D eigenvalue weighted by Gasteiger charge is -2.31. The highest BCUT2D eigenvalue weighted by molar-refractivity contribution is 7.89. The van der Waals surface area contributed by atoms with E-state index in [0.29, 0.717) is 31.7 Å². The third-order valence-corrected chi connectivity index (χ3v) is 6.66. The molecule has 0 saturated carbocycles. The van der Waals surface area contributed by atoms with Crippen LogP contribution in [0.2, 0.25) is 0 Å². The Morgan fingerprint density at radius 2 is 1.90 bits per heavy atom. The summed E-state index contributed by atoms with van der Waals surface area (Å²) in [7, 11) is -3.51. The average Bonchev–Trinajstić information content (AvgIpc) is 2.69. The Labute approximate surface area is 169 Å². The predicted octanol–water partition coefficient (Wildman–Crippen LogP) is 0.174. The van der Waals surface area contributed by atoms with Crippen molar-refractivity contribution in [2.45, 2.75) is 11.8 Å². The van der Waals surface area contributed by atoms with Crippen molar-refractivity contribution in [1.82, 2.24) is 9.73 Å². The Kier molecular flexibility index (Phi) is 6.73. The van der Waals surface area contributed by atoms with Crippen LogP contribution < -0.4 is 10.3 Å². The molecule has 154 valence electrons. The van der Waals surface area contributed by atoms with Crippen LogP contribution in [0.1, 0.15) is 11.1 Å². The van der Waals surface area contributed by atoms with Gasteiger partial charge in [-0.05, 0) is 36.8 Å². The molecule has 9 heteroatoms. The molecule has 1 aliphatic heterocycles. The monoisotopic (exact) mass is 419 g/mol. The molecule has 1 fully saturated rings. The van der Waals surface area contributed by atoms with Crippen LogP contribution in [-0.2, 0) is 14.8 Å². The molecule has 0 aromatic heterocycles. The van der Waals surface area contributed by atoms with Crippen LogP contribution in [0.25, 0.3) is 0 Å². The molecular formula is C20H24FN4O3S+. The van der Waals surface area contributed by atoms with Crippen molar-refractivity contribution in [2.24, 2.45) is 5.10 Å². The van der Waals surface area contributed by atoms with Gasteiger partial charge in [0.15, 0.2) is 6.54 Å². The maximum Gasteiger partial charge on any atom is 0.295 e. The fourth-order valence-electron chi connectivity index (χ4n) is 3.11. The van der Waals surface area contributed by atoms with Crippen molar-refractivity contribution in [3.63, 3.8) is 0 Å². The molecule has 0 radical (unpaired) electrons. The lowest BCUT2D eigenvalue weighted by Crippen LogP contribution is -3.15. The van der Waals surface area contributed by atoms with Gasteiger partial charge in [-0.1, -0.05) is 29.8 Å². The first kappa shape index (κ1) is 21.1. The number of piperazine rings is 1. The Bertz CT molecular complexity index is 985. The summed E-state index contributed by atoms with van der Waals surface area (Å²) in [6.45, 7) is 3.87. The van der Waals surface area contributed by atoms with Crippen molar-refractivity contribution >= 4 is 22.1 Å². The minimum atomic E-state index is -3.51. The molecule has 29 heavy (non-hydrogen) atoms. The van der Waals surface area contributed by atoms with E-state index in [4.69, 9.17) is 0 Å². The average molecular weight is 420 g/mol. The van der Waals surface area contributed by atoms with Crippen molar-refractivity contribution in [1.29, 1.82) is 0 Å². The third-order valence-electron chi connectivity index (χ3n) is 4.75. The number of benzene rings is 2. The second-order valence-electron chi connectivity index (χ2n) is 6.99. The summed E-state index contributed by atoms with van der Waals surface area (Å²) in [5.74, 6) is -0.648. The number of sulfonamides is 1. The van der Waals surface area contributed by atoms with Crippen LogP contribution in [0.5, 0.6) is 0 Å². The van der Waals surface area contributed by atoms with Crippen molar-refractivity contribution in [3.8, 4) is 0 Å². The second-order valence-corrected chi connectivity index (χ2v) is 8.93. The smallest absolute Gasteiger partial charge is 0.295 e. The van der Waals surface area contributed by atoms with E-state index in [1.54, 1.807) is 36.4 Å². The van der Waals surface area contributed by atoms with Crippen LogP contribution in [0, 0.1) is 12.7 Å². The summed E-state index contributed by atoms with van der Waals surface area (Å²) in [4.78, 5) is 13.3. The van der Waals surface area contributed by atoms with Gasteiger partial charge in [-0.3, -0.25) is 4.79 Å². The van der Waals surface area contributed by atoms with Gasteiger partial charge in [0.25, 0.3) is 5.91 Å². The number of carbonyl (C=O) groups excluding carboxylic acids is 1. The van der Waals surface area contributed by atoms with Gasteiger partial charge in [-0.15, -0.1) is 0 Å². The van der Waals surface area contributed by atoms with Gasteiger partial charge in [-0.25, -0.2) is 18.2 Å². The lowest BCUT2D eigenvalue weighted by atomic mass is 10.2. The van der Waals surface area contributed by atoms with E-state index in [-0.39, 0.29) is 23.2 Å². The summed E-state index contributed by atoms with van der Waals surface area (Å²) in [5.41, 5.74) is 3.98. The zero-order valence-corrected chi connectivity index (χ0v) is 17.0. The maximum absolute atomic E-state index is 13.1. The molecule has 2 aromatic rings. The molecule has 0 atom stereocenters. The first-order valence-corrected chi connectivity index (χ1v) is 10.8. The van der Waals surface area contributed by atoms with Crippen molar-refractivity contribution < 1.29 is 22.5 Å². The zero-order valence-electron chi connectivity index (χ0n) is 16.1. The highest BCUT2D eigenvalue weighted by atomic mass is 32.2. The van der Waals surface area contributed by atoms with E-state index >= 15 is 0 Å². The number of carbonyl (C=O) groups is 1. The Morgan fingerprint density at radius 3 is 2.55 bits per heavy atom. The molecule has 1 amide bonds. The fourth-order valence-corrected chi connectivity index (χ4v) is 4.55. The standard InChI is InChI=1S/C20H23FN4O3S/c1-16-5-7-19(8-6-16)29(27,28)25-11-9-24(10-12-25)15-20(26)23-22-14-17-3-2-4-18(21)13-17/h2-8,13-14H,9-12,15H2,1H3,(H,23,26)/p+1. The molecule has 7 nitrogen and oxygen atoms in total. The highest BCUT2D eigenvalue weighted by Gasteiger charge is 2.31. The largest absolute Gasteiger partial charge is 0.325 e. The van der Waals surface area contributed by atoms with E-state index in [1.807, 2.05) is 6.92 Å². The molecule has 1 aliphatic rings. The number of quaternary nitrogens is 1. The van der Waals surface area contributed by atoms with Crippen molar-refractivity contribution in [3.05, 3.63) is 65.5 Å². The summed E-state index contributed by atoms with van der Waals surface area (Å²) in [6.07, 6.45) is 1.38. The minimum absolute atomic E-state index is 0.193. The number of hydrogen-bond donors (Lipinski definition) is 2. The molecule has 0 bridgehead atoms. The van der Waals surface area contributed by atoms with Gasteiger partial charge >= 0.3 is 0 Å². The highest BCUT2D eigenvalue weighted by Crippen LogP contribution is 2.16. The van der Waals surface area contributed by atoms with E-state index in [9.17, 15) is 17.6 Å². The molecule has 3 rings (SSSR count). The normalized spacial score (nSPS) is 16.2. The van der Waals surface area contributed by atoms with Gasteiger partial charge in [0, 0.05) is 0 Å². The van der Waals surface area contributed by atoms with E-state index in [0.717, 1.165) is 10.5 Å². The topological polar surface area (TPSA) is 83.3 Å². The first-order chi connectivity index (χ1) is 13.8. The summed E-state index contributed by atoms with van der Waals surface area (Å²) >= 11 is 0. The lowest BCUT2D eigenvalue weighted by molar-refractivity contribution is -0.895. The van der Waals surface area contributed by atoms with Gasteiger partial charge in [0.2, 0.25) is 10.0 Å². The Hall–Kier alpha value is -2.62. The van der Waals surface area contributed by atoms with E-state index in [1.165, 1.54) is 22.7 Å². The molecule has 2 N–H and O–H groups in total. The van der Waals surface area contributed by atoms with Gasteiger partial charge in [0.1, 0.15) is 5.82 Å². The number of amides is 1. The quantitative estimate of drug-likeness (QED) is 0.517. The van der Waals surface area contributed by atoms with Gasteiger partial charge < -0.3 is 4.90 Å². The first-order valence-electron chi connectivity index (χ1n) is 9.32. The van der Waals surface area contributed by atoms with Crippen molar-refractivity contribution in [2.75, 3.05) is 32.7 Å². The van der Waals surface area contributed by atoms with Crippen LogP contribution in [0.3, 0.4) is 0 Å². The van der Waals surface area contributed by atoms with Crippen LogP contribution in [-0.4, -0.2) is 57.6 Å². The maximum atomic E-state index is 13.1. The third kappa shape index (κ3) is 5.69. The summed E-state index contributed by atoms with van der Waals surface area (Å²) < 4.78 is 40.0. The van der Waals surface area contributed by atoms with E-state index in [2.05, 4.69) is 10.5 Å². The second kappa shape index (κ2) is 9.25. The molecule has 1 heterocycles. The molecule has 2 aromatic carbocycles. The number of aryl methyl sites for hydroxylation is 1. The fraction of sp³-hybridized carbons (Fsp3) is 0.300. The molecule has 0 unspecified atom stereocenters. The number of nitrogens with zero attached hydrogens (tertiary/aromatic N) is 2. The number of hydrogen-bond acceptors (Lipinski definition) is 4. The SMILES string of the molecule is Cc1ccc(S(=O)(=O)N2CC[NH+](CC(=O)NN=Cc3cccc(F)c3)CC2)cc1. The molecule has 1 saturated heterocycles. The van der Waals surface area contributed by atoms with Crippen LogP contribution >= 0.6 is 0 Å².